The average Bonchev–Trinajstić information content (AvgIpc) is 3.32. The van der Waals surface area contributed by atoms with Crippen molar-refractivity contribution in [3.8, 4) is 5.75 Å². The van der Waals surface area contributed by atoms with Gasteiger partial charge < -0.3 is 34.0 Å². The van der Waals surface area contributed by atoms with Gasteiger partial charge in [-0.25, -0.2) is 0 Å². The zero-order chi connectivity index (χ0) is 20.1. The molecule has 1 fully saturated rings. The van der Waals surface area contributed by atoms with Crippen molar-refractivity contribution in [2.24, 2.45) is 0 Å². The molecule has 4 rings (SSSR count). The molecule has 1 saturated heterocycles. The first kappa shape index (κ1) is 19.7. The van der Waals surface area contributed by atoms with Gasteiger partial charge in [0.2, 0.25) is 0 Å². The van der Waals surface area contributed by atoms with Gasteiger partial charge in [0.25, 0.3) is 0 Å². The predicted octanol–water partition coefficient (Wildman–Crippen LogP) is 0.385. The number of hydrogen-bond acceptors (Lipinski definition) is 6. The van der Waals surface area contributed by atoms with E-state index >= 15 is 0 Å². The summed E-state index contributed by atoms with van der Waals surface area (Å²) >= 11 is 0. The van der Waals surface area contributed by atoms with Crippen LogP contribution in [0.5, 0.6) is 5.75 Å². The van der Waals surface area contributed by atoms with Gasteiger partial charge in [0.15, 0.2) is 0 Å². The van der Waals surface area contributed by atoms with E-state index in [9.17, 15) is 0 Å². The Kier molecular flexibility index (Phi) is 6.16. The smallest absolute Gasteiger partial charge is 0.119 e. The van der Waals surface area contributed by atoms with Gasteiger partial charge in [0, 0.05) is 34.9 Å². The van der Waals surface area contributed by atoms with Crippen molar-refractivity contribution in [2.45, 2.75) is 19.4 Å². The number of likely N-dealkylation sites (tertiary alicyclic amines) is 1. The molecule has 0 saturated carbocycles. The number of aromatic nitrogens is 1. The van der Waals surface area contributed by atoms with Crippen LogP contribution in [0, 0.1) is 0 Å². The molecule has 1 aliphatic heterocycles. The SMILES string of the molecule is COc1ccc2c(c1)c1ccccc1n2CCN1CCCC1.O=C([O-])C(=O)[O-]. The van der Waals surface area contributed by atoms with E-state index in [1.807, 2.05) is 0 Å². The van der Waals surface area contributed by atoms with E-state index in [1.165, 1.54) is 47.7 Å². The number of methoxy groups -OCH3 is 1. The van der Waals surface area contributed by atoms with Crippen molar-refractivity contribution in [1.82, 2.24) is 9.47 Å². The zero-order valence-electron chi connectivity index (χ0n) is 15.7. The number of hydrogen-bond donors (Lipinski definition) is 0. The number of aliphatic carboxylic acids is 2. The van der Waals surface area contributed by atoms with Gasteiger partial charge in [-0.1, -0.05) is 18.2 Å². The second-order valence-electron chi connectivity index (χ2n) is 6.68. The Morgan fingerprint density at radius 2 is 1.57 bits per heavy atom. The molecular formula is C21H22N2O5-2. The Morgan fingerprint density at radius 1 is 0.929 bits per heavy atom. The van der Waals surface area contributed by atoms with E-state index in [4.69, 9.17) is 24.5 Å². The van der Waals surface area contributed by atoms with Crippen LogP contribution < -0.4 is 14.9 Å². The van der Waals surface area contributed by atoms with Crippen LogP contribution in [-0.4, -0.2) is 48.1 Å². The first-order valence-corrected chi connectivity index (χ1v) is 9.21. The first-order chi connectivity index (χ1) is 13.5. The summed E-state index contributed by atoms with van der Waals surface area (Å²) in [6, 6.07) is 15.1. The van der Waals surface area contributed by atoms with Crippen LogP contribution in [0.15, 0.2) is 42.5 Å². The van der Waals surface area contributed by atoms with Crippen molar-refractivity contribution in [1.29, 1.82) is 0 Å². The monoisotopic (exact) mass is 382 g/mol. The fourth-order valence-electron chi connectivity index (χ4n) is 3.65. The van der Waals surface area contributed by atoms with Crippen LogP contribution in [0.2, 0.25) is 0 Å². The summed E-state index contributed by atoms with van der Waals surface area (Å²) in [5.41, 5.74) is 2.63. The summed E-state index contributed by atoms with van der Waals surface area (Å²) in [5, 5.41) is 20.5. The standard InChI is InChI=1S/C19H22N2O.C2H2O4/c1-22-15-8-9-19-17(14-15)16-6-2-3-7-18(16)21(19)13-12-20-10-4-5-11-20;3-1(4)2(5)6/h2-3,6-9,14H,4-5,10-13H2,1H3;(H,3,4)(H,5,6)/p-2. The highest BCUT2D eigenvalue weighted by atomic mass is 16.5. The number of carbonyl (C=O) groups excluding carboxylic acids is 2. The molecule has 2 heterocycles. The van der Waals surface area contributed by atoms with Crippen LogP contribution >= 0.6 is 0 Å². The van der Waals surface area contributed by atoms with Gasteiger partial charge in [-0.2, -0.15) is 0 Å². The largest absolute Gasteiger partial charge is 0.543 e. The number of para-hydroxylation sites is 1. The molecule has 7 nitrogen and oxygen atoms in total. The molecule has 28 heavy (non-hydrogen) atoms. The molecule has 1 aromatic heterocycles. The molecule has 1 aliphatic rings. The van der Waals surface area contributed by atoms with E-state index < -0.39 is 11.9 Å². The minimum Gasteiger partial charge on any atom is -0.543 e. The lowest BCUT2D eigenvalue weighted by Gasteiger charge is -2.16. The highest BCUT2D eigenvalue weighted by molar-refractivity contribution is 6.25. The lowest BCUT2D eigenvalue weighted by molar-refractivity contribution is -0.345. The molecule has 0 bridgehead atoms. The number of benzene rings is 2. The lowest BCUT2D eigenvalue weighted by atomic mass is 10.1. The van der Waals surface area contributed by atoms with Crippen molar-refractivity contribution in [3.05, 3.63) is 42.5 Å². The summed E-state index contributed by atoms with van der Waals surface area (Å²) < 4.78 is 7.86. The summed E-state index contributed by atoms with van der Waals surface area (Å²) in [4.78, 5) is 20.4. The van der Waals surface area contributed by atoms with Gasteiger partial charge in [0.1, 0.15) is 5.75 Å². The van der Waals surface area contributed by atoms with E-state index in [0.29, 0.717) is 0 Å². The summed E-state index contributed by atoms with van der Waals surface area (Å²) in [6.45, 7) is 4.70. The van der Waals surface area contributed by atoms with Gasteiger partial charge in [-0.3, -0.25) is 0 Å². The van der Waals surface area contributed by atoms with Crippen molar-refractivity contribution in [3.63, 3.8) is 0 Å². The van der Waals surface area contributed by atoms with Crippen LogP contribution in [0.3, 0.4) is 0 Å². The summed E-state index contributed by atoms with van der Waals surface area (Å²) in [7, 11) is 1.73. The highest BCUT2D eigenvalue weighted by Crippen LogP contribution is 2.31. The maximum absolute atomic E-state index is 8.93. The molecule has 0 atom stereocenters. The maximum atomic E-state index is 8.93. The quantitative estimate of drug-likeness (QED) is 0.606. The van der Waals surface area contributed by atoms with Crippen LogP contribution in [0.25, 0.3) is 21.8 Å². The molecule has 7 heteroatoms. The van der Waals surface area contributed by atoms with Gasteiger partial charge in [0.05, 0.1) is 19.0 Å². The van der Waals surface area contributed by atoms with Gasteiger partial charge in [-0.05, 0) is 50.2 Å². The average molecular weight is 382 g/mol. The first-order valence-electron chi connectivity index (χ1n) is 9.21. The van der Waals surface area contributed by atoms with E-state index in [-0.39, 0.29) is 0 Å². The van der Waals surface area contributed by atoms with Crippen LogP contribution in [0.4, 0.5) is 0 Å². The fourth-order valence-corrected chi connectivity index (χ4v) is 3.65. The molecule has 0 radical (unpaired) electrons. The minimum absolute atomic E-state index is 0.926. The topological polar surface area (TPSA) is 97.7 Å². The molecule has 0 spiro atoms. The normalized spacial score (nSPS) is 14.0. The second-order valence-corrected chi connectivity index (χ2v) is 6.68. The van der Waals surface area contributed by atoms with Gasteiger partial charge in [-0.15, -0.1) is 0 Å². The number of rotatable bonds is 4. The van der Waals surface area contributed by atoms with E-state index in [1.54, 1.807) is 7.11 Å². The minimum atomic E-state index is -2.19. The predicted molar refractivity (Wildman–Crippen MR) is 102 cm³/mol. The molecule has 2 aromatic carbocycles. The fraction of sp³-hybridized carbons (Fsp3) is 0.333. The van der Waals surface area contributed by atoms with Crippen LogP contribution in [0.1, 0.15) is 12.8 Å². The van der Waals surface area contributed by atoms with Crippen molar-refractivity contribution in [2.75, 3.05) is 26.7 Å². The third kappa shape index (κ3) is 4.26. The Bertz CT molecular complexity index is 977. The van der Waals surface area contributed by atoms with E-state index in [2.05, 4.69) is 51.9 Å². The Labute approximate surface area is 162 Å². The number of nitrogens with zero attached hydrogens (tertiary/aromatic N) is 2. The van der Waals surface area contributed by atoms with Crippen LogP contribution in [-0.2, 0) is 16.1 Å². The number of carboxylic acids is 2. The highest BCUT2D eigenvalue weighted by Gasteiger charge is 2.14. The zero-order valence-corrected chi connectivity index (χ0v) is 15.7. The Balaban J connectivity index is 0.000000330. The summed E-state index contributed by atoms with van der Waals surface area (Å²) in [5.74, 6) is -3.44. The molecular weight excluding hydrogens is 360 g/mol. The van der Waals surface area contributed by atoms with E-state index in [0.717, 1.165) is 18.8 Å². The maximum Gasteiger partial charge on any atom is 0.119 e. The number of carboxylic acid groups (broad SMARTS) is 2. The number of fused-ring (bicyclic) bond motifs is 3. The molecule has 0 N–H and O–H groups in total. The third-order valence-electron chi connectivity index (χ3n) is 4.98. The molecule has 0 aliphatic carbocycles. The third-order valence-corrected chi connectivity index (χ3v) is 4.98. The van der Waals surface area contributed by atoms with Crippen molar-refractivity contribution >= 4 is 33.7 Å². The molecule has 0 amide bonds. The Morgan fingerprint density at radius 3 is 2.21 bits per heavy atom. The Hall–Kier alpha value is -3.06. The molecule has 0 unspecified atom stereocenters. The molecule has 148 valence electrons. The second kappa shape index (κ2) is 8.75. The summed E-state index contributed by atoms with van der Waals surface area (Å²) in [6.07, 6.45) is 2.70. The van der Waals surface area contributed by atoms with Crippen molar-refractivity contribution < 1.29 is 24.5 Å². The lowest BCUT2D eigenvalue weighted by Crippen LogP contribution is -2.42. The molecule has 3 aromatic rings. The van der Waals surface area contributed by atoms with Gasteiger partial charge >= 0.3 is 0 Å². The number of carbonyl (C=O) groups is 2. The number of ether oxygens (including phenoxy) is 1.